The molecule has 1 aromatic heterocycles. The van der Waals surface area contributed by atoms with E-state index in [0.29, 0.717) is 5.92 Å². The number of aliphatic carboxylic acids is 1. The number of aliphatic hydroxyl groups is 1. The van der Waals surface area contributed by atoms with Gasteiger partial charge in [0.25, 0.3) is 0 Å². The van der Waals surface area contributed by atoms with Crippen LogP contribution in [0, 0.1) is 12.3 Å². The van der Waals surface area contributed by atoms with Crippen molar-refractivity contribution >= 4 is 29.0 Å². The van der Waals surface area contributed by atoms with Crippen molar-refractivity contribution < 1.29 is 15.0 Å². The number of hydrogen-bond acceptors (Lipinski definition) is 3. The van der Waals surface area contributed by atoms with E-state index in [1.54, 1.807) is 0 Å². The van der Waals surface area contributed by atoms with E-state index in [-0.39, 0.29) is 11.8 Å². The zero-order chi connectivity index (χ0) is 29.0. The third-order valence-corrected chi connectivity index (χ3v) is 8.64. The molecule has 3 aromatic carbocycles. The average molecular weight is 548 g/mol. The summed E-state index contributed by atoms with van der Waals surface area (Å²) in [6, 6.07) is 27.4. The minimum atomic E-state index is -0.897. The smallest absolute Gasteiger partial charge is 0.303 e. The average Bonchev–Trinajstić information content (AvgIpc) is 3.70. The molecule has 212 valence electrons. The molecule has 4 nitrogen and oxygen atoms in total. The fraction of sp³-hybridized carbons (Fsp3) is 0.351. The first kappa shape index (κ1) is 28.8. The topological polar surface area (TPSA) is 70.4 Å². The second-order valence-corrected chi connectivity index (χ2v) is 12.5. The maximum atomic E-state index is 11.5. The molecule has 0 radical (unpaired) electrons. The molecule has 1 aliphatic rings. The highest BCUT2D eigenvalue weighted by Gasteiger charge is 2.44. The van der Waals surface area contributed by atoms with Crippen LogP contribution in [0.3, 0.4) is 0 Å². The monoisotopic (exact) mass is 547 g/mol. The highest BCUT2D eigenvalue weighted by Crippen LogP contribution is 2.54. The summed E-state index contributed by atoms with van der Waals surface area (Å²) in [4.78, 5) is 16.3. The summed E-state index contributed by atoms with van der Waals surface area (Å²) in [5.74, 6) is -0.394. The zero-order valence-electron chi connectivity index (χ0n) is 24.4. The molecule has 1 aliphatic carbocycles. The number of aryl methyl sites for hydroxylation is 2. The Morgan fingerprint density at radius 1 is 0.976 bits per heavy atom. The van der Waals surface area contributed by atoms with Gasteiger partial charge in [-0.15, -0.1) is 0 Å². The molecule has 0 unspecified atom stereocenters. The lowest BCUT2D eigenvalue weighted by Crippen LogP contribution is -2.18. The number of carboxylic acid groups (broad SMARTS) is 1. The van der Waals surface area contributed by atoms with Gasteiger partial charge in [-0.05, 0) is 117 Å². The third kappa shape index (κ3) is 7.51. The van der Waals surface area contributed by atoms with Crippen LogP contribution in [0.4, 0.5) is 0 Å². The van der Waals surface area contributed by atoms with Crippen molar-refractivity contribution in [3.8, 4) is 0 Å². The fourth-order valence-electron chi connectivity index (χ4n) is 6.07. The number of rotatable bonds is 12. The van der Waals surface area contributed by atoms with Gasteiger partial charge >= 0.3 is 5.97 Å². The Bertz CT molecular complexity index is 1560. The van der Waals surface area contributed by atoms with Crippen molar-refractivity contribution in [1.82, 2.24) is 4.98 Å². The van der Waals surface area contributed by atoms with E-state index in [0.717, 1.165) is 66.2 Å². The van der Waals surface area contributed by atoms with Crippen LogP contribution in [0.2, 0.25) is 0 Å². The zero-order valence-corrected chi connectivity index (χ0v) is 24.4. The summed E-state index contributed by atoms with van der Waals surface area (Å²) in [6.07, 6.45) is 10.2. The Morgan fingerprint density at radius 2 is 1.76 bits per heavy atom. The van der Waals surface area contributed by atoms with Crippen molar-refractivity contribution in [2.24, 2.45) is 5.41 Å². The predicted molar refractivity (Wildman–Crippen MR) is 168 cm³/mol. The van der Waals surface area contributed by atoms with E-state index in [1.807, 2.05) is 32.0 Å². The van der Waals surface area contributed by atoms with Crippen LogP contribution in [0.15, 0.2) is 78.9 Å². The highest BCUT2D eigenvalue weighted by atomic mass is 16.4. The van der Waals surface area contributed by atoms with Gasteiger partial charge in [-0.3, -0.25) is 4.79 Å². The van der Waals surface area contributed by atoms with Crippen LogP contribution in [0.1, 0.15) is 91.8 Å². The maximum absolute atomic E-state index is 11.5. The van der Waals surface area contributed by atoms with Gasteiger partial charge in [0.1, 0.15) is 0 Å². The van der Waals surface area contributed by atoms with Crippen LogP contribution in [0.25, 0.3) is 23.1 Å². The lowest BCUT2D eigenvalue weighted by molar-refractivity contribution is -0.138. The SMILES string of the molecule is Cc1ccc2ccc(/C=C/c3cccc([C@@H](CCc4ccccc4C(C)(C)O)CCC4(CC(=O)O)CC4)c3)nc2c1. The summed E-state index contributed by atoms with van der Waals surface area (Å²) in [5, 5.41) is 21.3. The van der Waals surface area contributed by atoms with Gasteiger partial charge in [0.05, 0.1) is 23.2 Å². The Balaban J connectivity index is 1.37. The molecule has 2 N–H and O–H groups in total. The number of benzene rings is 3. The summed E-state index contributed by atoms with van der Waals surface area (Å²) >= 11 is 0. The van der Waals surface area contributed by atoms with Gasteiger partial charge < -0.3 is 10.2 Å². The van der Waals surface area contributed by atoms with E-state index in [9.17, 15) is 15.0 Å². The van der Waals surface area contributed by atoms with E-state index in [4.69, 9.17) is 4.98 Å². The molecule has 0 bridgehead atoms. The van der Waals surface area contributed by atoms with Crippen LogP contribution in [-0.2, 0) is 16.8 Å². The van der Waals surface area contributed by atoms with Gasteiger partial charge in [-0.2, -0.15) is 0 Å². The molecular formula is C37H41NO3. The van der Waals surface area contributed by atoms with Crippen molar-refractivity contribution in [3.05, 3.63) is 112 Å². The maximum Gasteiger partial charge on any atom is 0.303 e. The molecule has 5 rings (SSSR count). The molecule has 4 heteroatoms. The normalized spacial score (nSPS) is 15.3. The molecule has 0 aliphatic heterocycles. The Kier molecular flexibility index (Phi) is 8.42. The van der Waals surface area contributed by atoms with E-state index in [2.05, 4.69) is 79.7 Å². The molecule has 1 atom stereocenters. The molecule has 0 spiro atoms. The molecule has 1 saturated carbocycles. The molecule has 41 heavy (non-hydrogen) atoms. The van der Waals surface area contributed by atoms with Crippen LogP contribution in [0.5, 0.6) is 0 Å². The summed E-state index contributed by atoms with van der Waals surface area (Å²) in [6.45, 7) is 5.77. The first-order valence-corrected chi connectivity index (χ1v) is 14.8. The number of nitrogens with zero attached hydrogens (tertiary/aromatic N) is 1. The van der Waals surface area contributed by atoms with Gasteiger partial charge in [-0.25, -0.2) is 4.98 Å². The molecule has 1 heterocycles. The van der Waals surface area contributed by atoms with E-state index in [1.165, 1.54) is 16.7 Å². The van der Waals surface area contributed by atoms with Gasteiger partial charge in [0, 0.05) is 5.39 Å². The van der Waals surface area contributed by atoms with E-state index < -0.39 is 11.6 Å². The largest absolute Gasteiger partial charge is 0.481 e. The van der Waals surface area contributed by atoms with Gasteiger partial charge in [0.15, 0.2) is 0 Å². The van der Waals surface area contributed by atoms with Crippen molar-refractivity contribution in [3.63, 3.8) is 0 Å². The first-order valence-electron chi connectivity index (χ1n) is 14.8. The quantitative estimate of drug-likeness (QED) is 0.186. The summed E-state index contributed by atoms with van der Waals surface area (Å²) < 4.78 is 0. The van der Waals surface area contributed by atoms with E-state index >= 15 is 0 Å². The number of carbonyl (C=O) groups is 1. The number of aromatic nitrogens is 1. The van der Waals surface area contributed by atoms with Gasteiger partial charge in [-0.1, -0.05) is 72.8 Å². The minimum absolute atomic E-state index is 0.0350. The second-order valence-electron chi connectivity index (χ2n) is 12.5. The Hall–Kier alpha value is -3.76. The molecule has 1 fully saturated rings. The van der Waals surface area contributed by atoms with Crippen molar-refractivity contribution in [1.29, 1.82) is 0 Å². The second kappa shape index (κ2) is 12.0. The van der Waals surface area contributed by atoms with Crippen molar-refractivity contribution in [2.45, 2.75) is 77.2 Å². The Labute approximate surface area is 243 Å². The van der Waals surface area contributed by atoms with Gasteiger partial charge in [0.2, 0.25) is 0 Å². The van der Waals surface area contributed by atoms with Crippen molar-refractivity contribution in [2.75, 3.05) is 0 Å². The number of fused-ring (bicyclic) bond motifs is 1. The standard InChI is InChI=1S/C37H41NO3/c1-26-11-13-30-16-18-32(38-34(30)23-26)17-12-27-7-6-9-31(24-27)28(19-20-37(21-22-37)25-35(39)40)14-15-29-8-4-5-10-33(29)36(2,3)41/h4-13,16-18,23-24,28,41H,14-15,19-22,25H2,1-3H3,(H,39,40)/b17-12+/t28-/m0/s1. The first-order chi connectivity index (χ1) is 19.6. The Morgan fingerprint density at radius 3 is 2.51 bits per heavy atom. The summed E-state index contributed by atoms with van der Waals surface area (Å²) in [7, 11) is 0. The molecule has 0 saturated heterocycles. The number of hydrogen-bond donors (Lipinski definition) is 2. The molecule has 4 aromatic rings. The predicted octanol–water partition coefficient (Wildman–Crippen LogP) is 8.69. The molecule has 0 amide bonds. The van der Waals surface area contributed by atoms with Crippen LogP contribution < -0.4 is 0 Å². The third-order valence-electron chi connectivity index (χ3n) is 8.64. The molecular weight excluding hydrogens is 506 g/mol. The minimum Gasteiger partial charge on any atom is -0.481 e. The highest BCUT2D eigenvalue weighted by molar-refractivity contribution is 5.81. The number of carboxylic acids is 1. The van der Waals surface area contributed by atoms with Crippen LogP contribution in [-0.4, -0.2) is 21.2 Å². The van der Waals surface area contributed by atoms with Crippen LogP contribution >= 0.6 is 0 Å². The fourth-order valence-corrected chi connectivity index (χ4v) is 6.07. The lowest BCUT2D eigenvalue weighted by Gasteiger charge is -2.24. The number of pyridine rings is 1. The lowest BCUT2D eigenvalue weighted by atomic mass is 9.82. The summed E-state index contributed by atoms with van der Waals surface area (Å²) in [5.41, 5.74) is 6.75.